The Morgan fingerprint density at radius 1 is 0.806 bits per heavy atom. The summed E-state index contributed by atoms with van der Waals surface area (Å²) < 4.78 is 2.12. The number of halogens is 2. The van der Waals surface area contributed by atoms with Crippen molar-refractivity contribution in [3.05, 3.63) is 118 Å². The van der Waals surface area contributed by atoms with Gasteiger partial charge in [-0.1, -0.05) is 47.5 Å². The first-order valence-electron chi connectivity index (χ1n) is 11.9. The summed E-state index contributed by atoms with van der Waals surface area (Å²) in [6, 6.07) is 26.0. The molecule has 3 aromatic carbocycles. The van der Waals surface area contributed by atoms with Crippen LogP contribution in [0.4, 0.5) is 5.69 Å². The number of anilines is 1. The van der Waals surface area contributed by atoms with Crippen LogP contribution < -0.4 is 4.90 Å². The molecule has 0 bridgehead atoms. The zero-order valence-corrected chi connectivity index (χ0v) is 20.9. The van der Waals surface area contributed by atoms with Gasteiger partial charge < -0.3 is 9.47 Å². The van der Waals surface area contributed by atoms with E-state index in [0.29, 0.717) is 15.6 Å². The third-order valence-corrected chi connectivity index (χ3v) is 7.32. The van der Waals surface area contributed by atoms with Crippen LogP contribution in [0.15, 0.2) is 91.1 Å². The Labute approximate surface area is 219 Å². The molecule has 36 heavy (non-hydrogen) atoms. The van der Waals surface area contributed by atoms with Crippen molar-refractivity contribution in [2.45, 2.75) is 24.9 Å². The van der Waals surface area contributed by atoms with Gasteiger partial charge in [0.25, 0.3) is 5.91 Å². The van der Waals surface area contributed by atoms with Crippen molar-refractivity contribution in [3.63, 3.8) is 0 Å². The lowest BCUT2D eigenvalue weighted by Crippen LogP contribution is -2.47. The Bertz CT molecular complexity index is 1440. The van der Waals surface area contributed by atoms with Crippen molar-refractivity contribution in [2.75, 3.05) is 11.4 Å². The van der Waals surface area contributed by atoms with Crippen LogP contribution in [0.5, 0.6) is 0 Å². The van der Waals surface area contributed by atoms with Gasteiger partial charge in [-0.15, -0.1) is 0 Å². The number of nitrogens with zero attached hydrogens (tertiary/aromatic N) is 3. The van der Waals surface area contributed by atoms with E-state index < -0.39 is 0 Å². The molecule has 1 atom stereocenters. The lowest BCUT2D eigenvalue weighted by atomic mass is 9.97. The molecule has 0 radical (unpaired) electrons. The molecule has 1 aliphatic heterocycles. The van der Waals surface area contributed by atoms with Crippen molar-refractivity contribution in [1.82, 2.24) is 9.47 Å². The van der Waals surface area contributed by atoms with E-state index >= 15 is 0 Å². The number of benzene rings is 3. The second-order valence-corrected chi connectivity index (χ2v) is 10.1. The van der Waals surface area contributed by atoms with Crippen LogP contribution in [0.1, 0.15) is 40.5 Å². The first-order valence-corrected chi connectivity index (χ1v) is 12.7. The lowest BCUT2D eigenvalue weighted by molar-refractivity contribution is -0.119. The van der Waals surface area contributed by atoms with Gasteiger partial charge in [-0.2, -0.15) is 0 Å². The largest absolute Gasteiger partial charge is 0.326 e. The minimum atomic E-state index is -0.355. The molecule has 2 aliphatic rings. The first-order chi connectivity index (χ1) is 17.5. The molecule has 1 fully saturated rings. The Morgan fingerprint density at radius 3 is 2.11 bits per heavy atom. The summed E-state index contributed by atoms with van der Waals surface area (Å²) in [5.41, 5.74) is 4.19. The number of carbonyl (C=O) groups is 2. The second-order valence-electron chi connectivity index (χ2n) is 9.18. The molecule has 0 spiro atoms. The van der Waals surface area contributed by atoms with E-state index in [1.165, 1.54) is 0 Å². The van der Waals surface area contributed by atoms with E-state index in [-0.39, 0.29) is 30.4 Å². The molecule has 0 saturated heterocycles. The van der Waals surface area contributed by atoms with Crippen LogP contribution in [0.25, 0.3) is 5.69 Å². The smallest absolute Gasteiger partial charge is 0.254 e. The van der Waals surface area contributed by atoms with Crippen molar-refractivity contribution in [2.24, 2.45) is 0 Å². The average Bonchev–Trinajstić information content (AvgIpc) is 3.62. The van der Waals surface area contributed by atoms with E-state index in [4.69, 9.17) is 23.2 Å². The minimum absolute atomic E-state index is 0.00867. The predicted molar refractivity (Wildman–Crippen MR) is 142 cm³/mol. The highest BCUT2D eigenvalue weighted by Crippen LogP contribution is 2.42. The molecular formula is C29H23Cl2N3O2. The van der Waals surface area contributed by atoms with Crippen molar-refractivity contribution in [1.29, 1.82) is 0 Å². The Hall–Kier alpha value is -3.54. The summed E-state index contributed by atoms with van der Waals surface area (Å²) in [5, 5.41) is 1.20. The molecule has 0 N–H and O–H groups in total. The van der Waals surface area contributed by atoms with E-state index in [0.717, 1.165) is 35.5 Å². The van der Waals surface area contributed by atoms with Crippen LogP contribution >= 0.6 is 23.2 Å². The quantitative estimate of drug-likeness (QED) is 0.303. The van der Waals surface area contributed by atoms with Crippen molar-refractivity contribution >= 4 is 40.7 Å². The maximum atomic E-state index is 14.2. The molecule has 180 valence electrons. The van der Waals surface area contributed by atoms with Gasteiger partial charge in [0, 0.05) is 27.8 Å². The Balaban J connectivity index is 1.40. The van der Waals surface area contributed by atoms with Crippen molar-refractivity contribution < 1.29 is 9.59 Å². The van der Waals surface area contributed by atoms with Gasteiger partial charge in [-0.05, 0) is 79.1 Å². The highest BCUT2D eigenvalue weighted by atomic mass is 35.5. The highest BCUT2D eigenvalue weighted by Gasteiger charge is 2.40. The fourth-order valence-corrected chi connectivity index (χ4v) is 5.21. The number of fused-ring (bicyclic) bond motifs is 3. The van der Waals surface area contributed by atoms with Gasteiger partial charge in [0.05, 0.1) is 17.1 Å². The molecule has 4 aromatic rings. The third-order valence-electron chi connectivity index (χ3n) is 6.82. The van der Waals surface area contributed by atoms with E-state index in [2.05, 4.69) is 4.57 Å². The number of para-hydroxylation sites is 2. The minimum Gasteiger partial charge on any atom is -0.326 e. The standard InChI is InChI=1S/C29H23Cl2N3O2/c30-21-11-7-19(8-12-21)28-26-6-3-17-32(26)24-4-1-2-5-25(24)34(28)27(35)18-33(23-15-16-23)29(36)20-9-13-22(31)14-10-20/h1-14,17,23,28H,15-16,18H2. The normalized spacial score (nSPS) is 16.3. The number of rotatable bonds is 5. The van der Waals surface area contributed by atoms with Crippen molar-refractivity contribution in [3.8, 4) is 5.69 Å². The third kappa shape index (κ3) is 4.08. The summed E-state index contributed by atoms with van der Waals surface area (Å²) in [4.78, 5) is 31.1. The maximum absolute atomic E-state index is 14.2. The molecular weight excluding hydrogens is 493 g/mol. The van der Waals surface area contributed by atoms with Gasteiger partial charge in [0.1, 0.15) is 12.6 Å². The van der Waals surface area contributed by atoms with Gasteiger partial charge in [0.2, 0.25) is 5.91 Å². The molecule has 2 heterocycles. The van der Waals surface area contributed by atoms with Gasteiger partial charge in [-0.3, -0.25) is 14.5 Å². The Kier molecular flexibility index (Phi) is 5.82. The lowest BCUT2D eigenvalue weighted by Gasteiger charge is -2.39. The monoisotopic (exact) mass is 515 g/mol. The predicted octanol–water partition coefficient (Wildman–Crippen LogP) is 6.52. The molecule has 1 aliphatic carbocycles. The fraction of sp³-hybridized carbons (Fsp3) is 0.172. The highest BCUT2D eigenvalue weighted by molar-refractivity contribution is 6.30. The summed E-state index contributed by atoms with van der Waals surface area (Å²) in [5.74, 6) is -0.289. The second kappa shape index (κ2) is 9.16. The number of amides is 2. The molecule has 7 heteroatoms. The van der Waals surface area contributed by atoms with Crippen LogP contribution in [-0.2, 0) is 4.79 Å². The number of hydrogen-bond acceptors (Lipinski definition) is 2. The molecule has 5 nitrogen and oxygen atoms in total. The van der Waals surface area contributed by atoms with Crippen LogP contribution in [-0.4, -0.2) is 33.9 Å². The van der Waals surface area contributed by atoms with Crippen LogP contribution in [0.3, 0.4) is 0 Å². The number of aromatic nitrogens is 1. The fourth-order valence-electron chi connectivity index (χ4n) is 4.96. The SMILES string of the molecule is O=C(c1ccc(Cl)cc1)N(CC(=O)N1c2ccccc2-n2cccc2C1c1ccc(Cl)cc1)C1CC1. The zero-order chi connectivity index (χ0) is 24.8. The van der Waals surface area contributed by atoms with Gasteiger partial charge >= 0.3 is 0 Å². The van der Waals surface area contributed by atoms with E-state index in [1.54, 1.807) is 29.2 Å². The molecule has 1 saturated carbocycles. The summed E-state index contributed by atoms with van der Waals surface area (Å²) in [6.07, 6.45) is 3.80. The molecule has 2 amide bonds. The van der Waals surface area contributed by atoms with Crippen LogP contribution in [0.2, 0.25) is 10.0 Å². The summed E-state index contributed by atoms with van der Waals surface area (Å²) >= 11 is 12.2. The average molecular weight is 516 g/mol. The maximum Gasteiger partial charge on any atom is 0.254 e. The topological polar surface area (TPSA) is 45.6 Å². The van der Waals surface area contributed by atoms with E-state index in [9.17, 15) is 9.59 Å². The van der Waals surface area contributed by atoms with E-state index in [1.807, 2.05) is 71.8 Å². The summed E-state index contributed by atoms with van der Waals surface area (Å²) in [7, 11) is 0. The van der Waals surface area contributed by atoms with Crippen LogP contribution in [0, 0.1) is 0 Å². The number of hydrogen-bond donors (Lipinski definition) is 0. The number of carbonyl (C=O) groups excluding carboxylic acids is 2. The summed E-state index contributed by atoms with van der Waals surface area (Å²) in [6.45, 7) is -0.00867. The van der Waals surface area contributed by atoms with Gasteiger partial charge in [0.15, 0.2) is 0 Å². The molecule has 6 rings (SSSR count). The molecule has 1 aromatic heterocycles. The zero-order valence-electron chi connectivity index (χ0n) is 19.4. The molecule has 1 unspecified atom stereocenters. The van der Waals surface area contributed by atoms with Gasteiger partial charge in [-0.25, -0.2) is 0 Å². The first kappa shape index (κ1) is 22.9. The Morgan fingerprint density at radius 2 is 1.44 bits per heavy atom.